The molecule has 5 nitrogen and oxygen atoms in total. The quantitative estimate of drug-likeness (QED) is 0.890. The normalized spacial score (nSPS) is 19.3. The van der Waals surface area contributed by atoms with E-state index in [1.807, 2.05) is 25.1 Å². The van der Waals surface area contributed by atoms with Crippen LogP contribution in [0.5, 0.6) is 5.75 Å². The van der Waals surface area contributed by atoms with Crippen LogP contribution in [0.25, 0.3) is 0 Å². The van der Waals surface area contributed by atoms with Gasteiger partial charge in [-0.2, -0.15) is 0 Å². The molecule has 1 fully saturated rings. The highest BCUT2D eigenvalue weighted by Crippen LogP contribution is 2.23. The number of amides is 2. The monoisotopic (exact) mass is 262 g/mol. The Morgan fingerprint density at radius 2 is 2.21 bits per heavy atom. The highest BCUT2D eigenvalue weighted by molar-refractivity contribution is 6.06. The van der Waals surface area contributed by atoms with E-state index in [1.54, 1.807) is 13.2 Å². The lowest BCUT2D eigenvalue weighted by molar-refractivity contribution is -0.131. The summed E-state index contributed by atoms with van der Waals surface area (Å²) in [6.45, 7) is 2.05. The lowest BCUT2D eigenvalue weighted by Gasteiger charge is -2.32. The minimum atomic E-state index is -0.419. The third-order valence-electron chi connectivity index (χ3n) is 3.14. The number of carbonyl (C=O) groups is 2. The van der Waals surface area contributed by atoms with Crippen LogP contribution in [0.1, 0.15) is 19.8 Å². The second-order valence-electron chi connectivity index (χ2n) is 4.53. The van der Waals surface area contributed by atoms with Crippen molar-refractivity contribution in [2.24, 2.45) is 0 Å². The zero-order valence-corrected chi connectivity index (χ0v) is 11.2. The summed E-state index contributed by atoms with van der Waals surface area (Å²) in [4.78, 5) is 25.5. The number of hydrogen-bond donors (Lipinski definition) is 1. The molecule has 19 heavy (non-hydrogen) atoms. The van der Waals surface area contributed by atoms with Gasteiger partial charge in [-0.1, -0.05) is 19.4 Å². The van der Waals surface area contributed by atoms with Gasteiger partial charge in [0.05, 0.1) is 7.11 Å². The maximum absolute atomic E-state index is 12.3. The number of ether oxygens (including phenoxy) is 1. The van der Waals surface area contributed by atoms with Crippen LogP contribution in [0.2, 0.25) is 0 Å². The third kappa shape index (κ3) is 2.86. The summed E-state index contributed by atoms with van der Waals surface area (Å²) in [5.41, 5.74) is 0.695. The highest BCUT2D eigenvalue weighted by Gasteiger charge is 2.32. The molecule has 0 bridgehead atoms. The summed E-state index contributed by atoms with van der Waals surface area (Å²) in [6, 6.07) is 6.77. The molecule has 1 unspecified atom stereocenters. The topological polar surface area (TPSA) is 58.6 Å². The van der Waals surface area contributed by atoms with Gasteiger partial charge in [-0.05, 0) is 18.6 Å². The van der Waals surface area contributed by atoms with Crippen LogP contribution in [0.15, 0.2) is 24.3 Å². The number of hydrogen-bond acceptors (Lipinski definition) is 3. The number of nitrogens with one attached hydrogen (secondary N) is 1. The molecule has 1 atom stereocenters. The molecule has 0 aliphatic carbocycles. The number of carbonyl (C=O) groups excluding carboxylic acids is 2. The molecule has 0 aromatic heterocycles. The van der Waals surface area contributed by atoms with Crippen LogP contribution < -0.4 is 15.0 Å². The molecular weight excluding hydrogens is 244 g/mol. The first-order valence-corrected chi connectivity index (χ1v) is 6.40. The smallest absolute Gasteiger partial charge is 0.250 e. The summed E-state index contributed by atoms with van der Waals surface area (Å²) in [5.74, 6) is 0.485. The summed E-state index contributed by atoms with van der Waals surface area (Å²) in [5, 5.41) is 2.73. The van der Waals surface area contributed by atoms with Crippen molar-refractivity contribution in [3.8, 4) is 5.75 Å². The van der Waals surface area contributed by atoms with E-state index >= 15 is 0 Å². The summed E-state index contributed by atoms with van der Waals surface area (Å²) in [6.07, 6.45) is 1.51. The zero-order valence-electron chi connectivity index (χ0n) is 11.2. The predicted octanol–water partition coefficient (Wildman–Crippen LogP) is 1.33. The van der Waals surface area contributed by atoms with Crippen LogP contribution in [-0.2, 0) is 9.59 Å². The van der Waals surface area contributed by atoms with Gasteiger partial charge in [-0.3, -0.25) is 9.59 Å². The van der Waals surface area contributed by atoms with Crippen molar-refractivity contribution in [2.75, 3.05) is 18.6 Å². The Kier molecular flexibility index (Phi) is 4.04. The van der Waals surface area contributed by atoms with Crippen LogP contribution >= 0.6 is 0 Å². The number of benzene rings is 1. The van der Waals surface area contributed by atoms with Crippen molar-refractivity contribution in [1.29, 1.82) is 0 Å². The molecule has 1 aromatic rings. The fourth-order valence-electron chi connectivity index (χ4n) is 2.19. The van der Waals surface area contributed by atoms with E-state index in [4.69, 9.17) is 4.74 Å². The van der Waals surface area contributed by atoms with Crippen molar-refractivity contribution >= 4 is 17.5 Å². The first-order chi connectivity index (χ1) is 9.15. The SMILES string of the molecule is CCCC1NC(=O)CN(c2cccc(OC)c2)C1=O. The first-order valence-electron chi connectivity index (χ1n) is 6.40. The van der Waals surface area contributed by atoms with Gasteiger partial charge in [0.2, 0.25) is 11.8 Å². The van der Waals surface area contributed by atoms with Gasteiger partial charge in [0.1, 0.15) is 18.3 Å². The van der Waals surface area contributed by atoms with E-state index in [9.17, 15) is 9.59 Å². The zero-order chi connectivity index (χ0) is 13.8. The second kappa shape index (κ2) is 5.73. The van der Waals surface area contributed by atoms with Crippen LogP contribution in [0.4, 0.5) is 5.69 Å². The number of anilines is 1. The molecule has 1 saturated heterocycles. The van der Waals surface area contributed by atoms with Crippen LogP contribution in [0, 0.1) is 0 Å². The fourth-order valence-corrected chi connectivity index (χ4v) is 2.19. The Morgan fingerprint density at radius 1 is 1.42 bits per heavy atom. The van der Waals surface area contributed by atoms with Gasteiger partial charge in [0.25, 0.3) is 0 Å². The summed E-state index contributed by atoms with van der Waals surface area (Å²) in [7, 11) is 1.57. The number of rotatable bonds is 4. The molecular formula is C14H18N2O3. The lowest BCUT2D eigenvalue weighted by atomic mass is 10.1. The first kappa shape index (κ1) is 13.4. The highest BCUT2D eigenvalue weighted by atomic mass is 16.5. The minimum absolute atomic E-state index is 0.0605. The second-order valence-corrected chi connectivity index (χ2v) is 4.53. The van der Waals surface area contributed by atoms with E-state index < -0.39 is 6.04 Å². The lowest BCUT2D eigenvalue weighted by Crippen LogP contribution is -2.58. The molecule has 1 aromatic carbocycles. The van der Waals surface area contributed by atoms with E-state index in [0.29, 0.717) is 17.9 Å². The van der Waals surface area contributed by atoms with Crippen molar-refractivity contribution in [3.05, 3.63) is 24.3 Å². The molecule has 1 heterocycles. The van der Waals surface area contributed by atoms with Gasteiger partial charge in [-0.15, -0.1) is 0 Å². The average Bonchev–Trinajstić information content (AvgIpc) is 2.43. The molecule has 0 spiro atoms. The third-order valence-corrected chi connectivity index (χ3v) is 3.14. The Balaban J connectivity index is 2.26. The van der Waals surface area contributed by atoms with E-state index in [0.717, 1.165) is 6.42 Å². The standard InChI is InChI=1S/C14H18N2O3/c1-3-5-12-14(18)16(9-13(17)15-12)10-6-4-7-11(8-10)19-2/h4,6-8,12H,3,5,9H2,1-2H3,(H,15,17). The molecule has 5 heteroatoms. The summed E-state index contributed by atoms with van der Waals surface area (Å²) < 4.78 is 5.14. The molecule has 102 valence electrons. The van der Waals surface area contributed by atoms with Gasteiger partial charge < -0.3 is 15.0 Å². The number of piperazine rings is 1. The molecule has 0 radical (unpaired) electrons. The number of nitrogens with zero attached hydrogens (tertiary/aromatic N) is 1. The van der Waals surface area contributed by atoms with Gasteiger partial charge in [0.15, 0.2) is 0 Å². The van der Waals surface area contributed by atoms with Crippen LogP contribution in [-0.4, -0.2) is 31.5 Å². The van der Waals surface area contributed by atoms with Crippen LogP contribution in [0.3, 0.4) is 0 Å². The van der Waals surface area contributed by atoms with Gasteiger partial charge in [-0.25, -0.2) is 0 Å². The maximum Gasteiger partial charge on any atom is 0.250 e. The fraction of sp³-hybridized carbons (Fsp3) is 0.429. The number of methoxy groups -OCH3 is 1. The Labute approximate surface area is 112 Å². The van der Waals surface area contributed by atoms with E-state index in [2.05, 4.69) is 5.32 Å². The molecule has 0 saturated carbocycles. The Bertz CT molecular complexity index is 487. The largest absolute Gasteiger partial charge is 0.497 e. The predicted molar refractivity (Wildman–Crippen MR) is 72.2 cm³/mol. The molecule has 1 aliphatic rings. The maximum atomic E-state index is 12.3. The van der Waals surface area contributed by atoms with Crippen molar-refractivity contribution in [3.63, 3.8) is 0 Å². The molecule has 2 amide bonds. The van der Waals surface area contributed by atoms with E-state index in [1.165, 1.54) is 4.90 Å². The average molecular weight is 262 g/mol. The molecule has 1 aliphatic heterocycles. The van der Waals surface area contributed by atoms with E-state index in [-0.39, 0.29) is 18.4 Å². The minimum Gasteiger partial charge on any atom is -0.497 e. The Hall–Kier alpha value is -2.04. The molecule has 1 N–H and O–H groups in total. The van der Waals surface area contributed by atoms with Crippen molar-refractivity contribution in [1.82, 2.24) is 5.32 Å². The van der Waals surface area contributed by atoms with Gasteiger partial charge in [0, 0.05) is 11.8 Å². The van der Waals surface area contributed by atoms with Gasteiger partial charge >= 0.3 is 0 Å². The Morgan fingerprint density at radius 3 is 2.89 bits per heavy atom. The van der Waals surface area contributed by atoms with Crippen molar-refractivity contribution < 1.29 is 14.3 Å². The molecule has 2 rings (SSSR count). The summed E-state index contributed by atoms with van der Waals surface area (Å²) >= 11 is 0. The van der Waals surface area contributed by atoms with Crippen molar-refractivity contribution in [2.45, 2.75) is 25.8 Å².